The van der Waals surface area contributed by atoms with Crippen molar-refractivity contribution in [3.05, 3.63) is 60.3 Å². The lowest BCUT2D eigenvalue weighted by atomic mass is 9.95. The van der Waals surface area contributed by atoms with Crippen molar-refractivity contribution < 1.29 is 9.59 Å². The Labute approximate surface area is 168 Å². The summed E-state index contributed by atoms with van der Waals surface area (Å²) in [5.74, 6) is -0.235. The van der Waals surface area contributed by atoms with Gasteiger partial charge in [-0.1, -0.05) is 18.7 Å². The minimum absolute atomic E-state index is 0.0782. The maximum atomic E-state index is 12.4. The SMILES string of the molecule is C=CC(=O)N1CC(Nc2cc(-c3c(C)ccc4[nH]ncc34)ccc2C(=O)NC)C1. The number of aryl methyl sites for hydroxylation is 1. The van der Waals surface area contributed by atoms with Crippen molar-refractivity contribution in [1.82, 2.24) is 20.4 Å². The second-order valence-corrected chi connectivity index (χ2v) is 7.22. The molecular formula is C22H23N5O2. The first-order valence-corrected chi connectivity index (χ1v) is 9.49. The van der Waals surface area contributed by atoms with Crippen molar-refractivity contribution >= 4 is 28.4 Å². The summed E-state index contributed by atoms with van der Waals surface area (Å²) in [7, 11) is 1.62. The Kier molecular flexibility index (Phi) is 4.80. The van der Waals surface area contributed by atoms with Gasteiger partial charge in [-0.05, 0) is 47.9 Å². The number of likely N-dealkylation sites (tertiary alicyclic amines) is 1. The molecule has 2 aromatic carbocycles. The van der Waals surface area contributed by atoms with Gasteiger partial charge in [0.15, 0.2) is 0 Å². The number of H-pyrrole nitrogens is 1. The fourth-order valence-corrected chi connectivity index (χ4v) is 3.76. The highest BCUT2D eigenvalue weighted by atomic mass is 16.2. The number of hydrogen-bond acceptors (Lipinski definition) is 4. The van der Waals surface area contributed by atoms with Crippen LogP contribution in [0.4, 0.5) is 5.69 Å². The van der Waals surface area contributed by atoms with E-state index in [1.54, 1.807) is 11.9 Å². The van der Waals surface area contributed by atoms with Crippen LogP contribution in [0, 0.1) is 6.92 Å². The number of anilines is 1. The standard InChI is InChI=1S/C22H23N5O2/c1-4-20(28)27-11-15(12-27)25-19-9-14(6-7-16(19)22(29)23-3)21-13(2)5-8-18-17(21)10-24-26-18/h4-10,15,25H,1,11-12H2,2-3H3,(H,23,29)(H,24,26). The highest BCUT2D eigenvalue weighted by Gasteiger charge is 2.30. The van der Waals surface area contributed by atoms with E-state index < -0.39 is 0 Å². The van der Waals surface area contributed by atoms with Gasteiger partial charge in [0, 0.05) is 31.2 Å². The van der Waals surface area contributed by atoms with Crippen molar-refractivity contribution in [2.24, 2.45) is 0 Å². The van der Waals surface area contributed by atoms with Gasteiger partial charge in [-0.15, -0.1) is 0 Å². The van der Waals surface area contributed by atoms with Crippen LogP contribution in [0.1, 0.15) is 15.9 Å². The summed E-state index contributed by atoms with van der Waals surface area (Å²) in [6.07, 6.45) is 3.14. The number of fused-ring (bicyclic) bond motifs is 1. The Balaban J connectivity index is 1.70. The minimum Gasteiger partial charge on any atom is -0.378 e. The number of carbonyl (C=O) groups excluding carboxylic acids is 2. The maximum Gasteiger partial charge on any atom is 0.253 e. The molecule has 0 bridgehead atoms. The molecule has 1 fully saturated rings. The lowest BCUT2D eigenvalue weighted by Gasteiger charge is -2.39. The van der Waals surface area contributed by atoms with Crippen LogP contribution in [-0.4, -0.2) is 53.1 Å². The summed E-state index contributed by atoms with van der Waals surface area (Å²) in [5.41, 5.74) is 5.50. The fourth-order valence-electron chi connectivity index (χ4n) is 3.76. The molecule has 0 spiro atoms. The van der Waals surface area contributed by atoms with Gasteiger partial charge in [0.2, 0.25) is 5.91 Å². The van der Waals surface area contributed by atoms with E-state index in [0.29, 0.717) is 18.7 Å². The fraction of sp³-hybridized carbons (Fsp3) is 0.227. The molecule has 3 aromatic rings. The monoisotopic (exact) mass is 389 g/mol. The molecule has 1 aliphatic rings. The van der Waals surface area contributed by atoms with Gasteiger partial charge in [0.1, 0.15) is 0 Å². The predicted octanol–water partition coefficient (Wildman–Crippen LogP) is 2.71. The number of amides is 2. The highest BCUT2D eigenvalue weighted by Crippen LogP contribution is 2.34. The number of carbonyl (C=O) groups is 2. The van der Waals surface area contributed by atoms with E-state index >= 15 is 0 Å². The van der Waals surface area contributed by atoms with Crippen LogP contribution in [-0.2, 0) is 4.79 Å². The van der Waals surface area contributed by atoms with Gasteiger partial charge < -0.3 is 15.5 Å². The molecule has 3 N–H and O–H groups in total. The Hall–Kier alpha value is -3.61. The Bertz CT molecular complexity index is 1110. The number of aromatic nitrogens is 2. The summed E-state index contributed by atoms with van der Waals surface area (Å²) in [6.45, 7) is 6.75. The molecule has 29 heavy (non-hydrogen) atoms. The second-order valence-electron chi connectivity index (χ2n) is 7.22. The summed E-state index contributed by atoms with van der Waals surface area (Å²) in [5, 5.41) is 14.3. The maximum absolute atomic E-state index is 12.4. The molecule has 0 atom stereocenters. The normalized spacial score (nSPS) is 13.8. The zero-order chi connectivity index (χ0) is 20.5. The van der Waals surface area contributed by atoms with E-state index in [9.17, 15) is 9.59 Å². The van der Waals surface area contributed by atoms with E-state index in [0.717, 1.165) is 33.3 Å². The number of nitrogens with one attached hydrogen (secondary N) is 3. The van der Waals surface area contributed by atoms with Crippen molar-refractivity contribution in [3.8, 4) is 11.1 Å². The Morgan fingerprint density at radius 2 is 2.07 bits per heavy atom. The zero-order valence-corrected chi connectivity index (χ0v) is 16.5. The average Bonchev–Trinajstić information content (AvgIpc) is 3.17. The molecule has 0 aliphatic carbocycles. The Morgan fingerprint density at radius 3 is 2.79 bits per heavy atom. The van der Waals surface area contributed by atoms with E-state index in [-0.39, 0.29) is 17.9 Å². The van der Waals surface area contributed by atoms with E-state index in [1.165, 1.54) is 6.08 Å². The number of aromatic amines is 1. The van der Waals surface area contributed by atoms with Crippen molar-refractivity contribution in [2.75, 3.05) is 25.5 Å². The molecule has 7 heteroatoms. The molecule has 0 unspecified atom stereocenters. The largest absolute Gasteiger partial charge is 0.378 e. The van der Waals surface area contributed by atoms with Crippen molar-refractivity contribution in [1.29, 1.82) is 0 Å². The van der Waals surface area contributed by atoms with Crippen LogP contribution >= 0.6 is 0 Å². The number of nitrogens with zero attached hydrogens (tertiary/aromatic N) is 2. The Morgan fingerprint density at radius 1 is 1.28 bits per heavy atom. The molecule has 2 amide bonds. The molecule has 1 aliphatic heterocycles. The molecule has 4 rings (SSSR count). The third-order valence-electron chi connectivity index (χ3n) is 5.34. The van der Waals surface area contributed by atoms with Crippen molar-refractivity contribution in [3.63, 3.8) is 0 Å². The van der Waals surface area contributed by atoms with E-state index in [1.807, 2.05) is 30.5 Å². The molecule has 0 radical (unpaired) electrons. The van der Waals surface area contributed by atoms with Crippen LogP contribution in [0.25, 0.3) is 22.0 Å². The van der Waals surface area contributed by atoms with Gasteiger partial charge in [0.25, 0.3) is 5.91 Å². The highest BCUT2D eigenvalue weighted by molar-refractivity contribution is 6.02. The van der Waals surface area contributed by atoms with Gasteiger partial charge >= 0.3 is 0 Å². The lowest BCUT2D eigenvalue weighted by molar-refractivity contribution is -0.129. The minimum atomic E-state index is -0.157. The summed E-state index contributed by atoms with van der Waals surface area (Å²) in [6, 6.07) is 9.94. The third-order valence-corrected chi connectivity index (χ3v) is 5.34. The predicted molar refractivity (Wildman–Crippen MR) is 114 cm³/mol. The van der Waals surface area contributed by atoms with Crippen LogP contribution in [0.15, 0.2) is 49.2 Å². The number of rotatable bonds is 5. The van der Waals surface area contributed by atoms with Crippen LogP contribution in [0.5, 0.6) is 0 Å². The topological polar surface area (TPSA) is 90.1 Å². The van der Waals surface area contributed by atoms with Crippen LogP contribution in [0.3, 0.4) is 0 Å². The molecule has 1 aromatic heterocycles. The molecule has 0 saturated carbocycles. The molecule has 2 heterocycles. The van der Waals surface area contributed by atoms with Crippen LogP contribution < -0.4 is 10.6 Å². The second kappa shape index (κ2) is 7.43. The number of hydrogen-bond donors (Lipinski definition) is 3. The van der Waals surface area contributed by atoms with Crippen molar-refractivity contribution in [2.45, 2.75) is 13.0 Å². The van der Waals surface area contributed by atoms with E-state index in [4.69, 9.17) is 0 Å². The smallest absolute Gasteiger partial charge is 0.253 e. The average molecular weight is 389 g/mol. The molecule has 148 valence electrons. The number of benzene rings is 2. The first kappa shape index (κ1) is 18.7. The molecule has 7 nitrogen and oxygen atoms in total. The van der Waals surface area contributed by atoms with Crippen LogP contribution in [0.2, 0.25) is 0 Å². The summed E-state index contributed by atoms with van der Waals surface area (Å²) < 4.78 is 0. The van der Waals surface area contributed by atoms with Gasteiger partial charge in [-0.25, -0.2) is 0 Å². The van der Waals surface area contributed by atoms with Gasteiger partial charge in [0.05, 0.1) is 23.3 Å². The molecular weight excluding hydrogens is 366 g/mol. The van der Waals surface area contributed by atoms with E-state index in [2.05, 4.69) is 40.4 Å². The lowest BCUT2D eigenvalue weighted by Crippen LogP contribution is -2.56. The molecule has 1 saturated heterocycles. The van der Waals surface area contributed by atoms with Gasteiger partial charge in [-0.3, -0.25) is 14.7 Å². The quantitative estimate of drug-likeness (QED) is 0.585. The first-order valence-electron chi connectivity index (χ1n) is 9.49. The first-order chi connectivity index (χ1) is 14.0. The summed E-state index contributed by atoms with van der Waals surface area (Å²) >= 11 is 0. The third kappa shape index (κ3) is 3.35. The zero-order valence-electron chi connectivity index (χ0n) is 16.5. The van der Waals surface area contributed by atoms with Gasteiger partial charge in [-0.2, -0.15) is 5.10 Å². The summed E-state index contributed by atoms with van der Waals surface area (Å²) in [4.78, 5) is 25.8.